The zero-order valence-corrected chi connectivity index (χ0v) is 12.1. The van der Waals surface area contributed by atoms with Crippen molar-refractivity contribution in [2.24, 2.45) is 5.73 Å². The molecule has 0 radical (unpaired) electrons. The highest BCUT2D eigenvalue weighted by atomic mass is 79.9. The molecule has 2 nitrogen and oxygen atoms in total. The van der Waals surface area contributed by atoms with Gasteiger partial charge in [0, 0.05) is 21.3 Å². The second-order valence-electron chi connectivity index (χ2n) is 3.58. The third-order valence-corrected chi connectivity index (χ3v) is 4.51. The van der Waals surface area contributed by atoms with E-state index >= 15 is 0 Å². The number of nitrogens with two attached hydrogens (primary N) is 1. The molecule has 0 spiro atoms. The zero-order chi connectivity index (χ0) is 12.3. The van der Waals surface area contributed by atoms with Gasteiger partial charge in [-0.2, -0.15) is 0 Å². The van der Waals surface area contributed by atoms with Crippen molar-refractivity contribution in [1.82, 2.24) is 0 Å². The zero-order valence-electron chi connectivity index (χ0n) is 8.99. The quantitative estimate of drug-likeness (QED) is 0.877. The van der Waals surface area contributed by atoms with Gasteiger partial charge in [-0.05, 0) is 34.1 Å². The fraction of sp³-hybridized carbons (Fsp3) is 0.167. The predicted molar refractivity (Wildman–Crippen MR) is 78.9 cm³/mol. The number of para-hydroxylation sites is 1. The van der Waals surface area contributed by atoms with Gasteiger partial charge < -0.3 is 11.1 Å². The summed E-state index contributed by atoms with van der Waals surface area (Å²) in [6.07, 6.45) is 0. The van der Waals surface area contributed by atoms with E-state index < -0.39 is 0 Å². The Hall–Kier alpha value is -0.550. The second-order valence-corrected chi connectivity index (χ2v) is 5.85. The van der Waals surface area contributed by atoms with Gasteiger partial charge in [0.15, 0.2) is 0 Å². The average Bonchev–Trinajstić information content (AvgIpc) is 2.75. The van der Waals surface area contributed by atoms with Crippen LogP contribution in [0.25, 0.3) is 0 Å². The summed E-state index contributed by atoms with van der Waals surface area (Å²) in [6.45, 7) is 0.526. The highest BCUT2D eigenvalue weighted by molar-refractivity contribution is 9.10. The molecule has 0 saturated heterocycles. The molecule has 0 bridgehead atoms. The molecule has 1 heterocycles. The van der Waals surface area contributed by atoms with Crippen LogP contribution in [0, 0.1) is 0 Å². The van der Waals surface area contributed by atoms with Crippen LogP contribution < -0.4 is 11.1 Å². The lowest BCUT2D eigenvalue weighted by molar-refractivity contribution is 0.806. The molecule has 1 aromatic heterocycles. The molecular weight excluding hydrogens is 320 g/mol. The molecule has 3 N–H and O–H groups in total. The van der Waals surface area contributed by atoms with E-state index in [4.69, 9.17) is 17.3 Å². The van der Waals surface area contributed by atoms with E-state index in [-0.39, 0.29) is 6.04 Å². The number of benzene rings is 1. The first-order valence-electron chi connectivity index (χ1n) is 5.16. The molecule has 0 fully saturated rings. The Morgan fingerprint density at radius 2 is 2.18 bits per heavy atom. The monoisotopic (exact) mass is 330 g/mol. The van der Waals surface area contributed by atoms with Crippen LogP contribution in [-0.4, -0.2) is 6.54 Å². The van der Waals surface area contributed by atoms with Crippen molar-refractivity contribution in [3.63, 3.8) is 0 Å². The Morgan fingerprint density at radius 1 is 1.41 bits per heavy atom. The fourth-order valence-electron chi connectivity index (χ4n) is 1.52. The van der Waals surface area contributed by atoms with Crippen LogP contribution in [0.4, 0.5) is 5.69 Å². The Labute approximate surface area is 118 Å². The van der Waals surface area contributed by atoms with Crippen LogP contribution in [0.2, 0.25) is 5.02 Å². The van der Waals surface area contributed by atoms with Gasteiger partial charge >= 0.3 is 0 Å². The third kappa shape index (κ3) is 3.22. The lowest BCUT2D eigenvalue weighted by atomic mass is 10.2. The number of anilines is 1. The first-order valence-corrected chi connectivity index (χ1v) is 7.21. The van der Waals surface area contributed by atoms with Gasteiger partial charge in [0.05, 0.1) is 16.8 Å². The summed E-state index contributed by atoms with van der Waals surface area (Å²) in [4.78, 5) is 1.19. The number of rotatable bonds is 4. The van der Waals surface area contributed by atoms with Crippen molar-refractivity contribution in [3.05, 3.63) is 50.1 Å². The minimum atomic E-state index is 0.0891. The molecule has 0 aliphatic heterocycles. The largest absolute Gasteiger partial charge is 0.375 e. The van der Waals surface area contributed by atoms with Crippen LogP contribution in [0.5, 0.6) is 0 Å². The topological polar surface area (TPSA) is 38.0 Å². The lowest BCUT2D eigenvalue weighted by Gasteiger charge is -2.17. The third-order valence-electron chi connectivity index (χ3n) is 2.37. The van der Waals surface area contributed by atoms with Crippen molar-refractivity contribution in [1.29, 1.82) is 0 Å². The maximum atomic E-state index is 6.11. The Balaban J connectivity index is 2.18. The number of hydrogen-bond acceptors (Lipinski definition) is 3. The smallest absolute Gasteiger partial charge is 0.0729 e. The van der Waals surface area contributed by atoms with Crippen molar-refractivity contribution >= 4 is 44.6 Å². The molecule has 2 rings (SSSR count). The van der Waals surface area contributed by atoms with Crippen LogP contribution in [0.15, 0.2) is 40.2 Å². The van der Waals surface area contributed by atoms with Gasteiger partial charge in [-0.1, -0.05) is 23.7 Å². The first kappa shape index (κ1) is 12.9. The number of halogens is 2. The maximum Gasteiger partial charge on any atom is 0.0729 e. The fourth-order valence-corrected chi connectivity index (χ4v) is 3.22. The second kappa shape index (κ2) is 5.87. The molecule has 17 heavy (non-hydrogen) atoms. The summed E-state index contributed by atoms with van der Waals surface area (Å²) < 4.78 is 1.08. The highest BCUT2D eigenvalue weighted by Gasteiger charge is 2.12. The molecule has 5 heteroatoms. The molecule has 0 aliphatic rings. The van der Waals surface area contributed by atoms with Crippen LogP contribution in [0.1, 0.15) is 10.9 Å². The molecule has 90 valence electrons. The number of nitrogens with one attached hydrogen (secondary N) is 1. The molecule has 2 aromatic rings. The van der Waals surface area contributed by atoms with Gasteiger partial charge in [0.1, 0.15) is 0 Å². The van der Waals surface area contributed by atoms with Crippen LogP contribution >= 0.6 is 38.9 Å². The van der Waals surface area contributed by atoms with Gasteiger partial charge in [-0.15, -0.1) is 11.3 Å². The molecule has 1 aromatic carbocycles. The summed E-state index contributed by atoms with van der Waals surface area (Å²) in [7, 11) is 0. The lowest BCUT2D eigenvalue weighted by Crippen LogP contribution is -2.19. The van der Waals surface area contributed by atoms with Crippen LogP contribution in [0.3, 0.4) is 0 Å². The summed E-state index contributed by atoms with van der Waals surface area (Å²) in [6, 6.07) is 9.84. The van der Waals surface area contributed by atoms with E-state index in [9.17, 15) is 0 Å². The summed E-state index contributed by atoms with van der Waals surface area (Å²) in [5, 5.41) is 6.12. The molecule has 0 aliphatic carbocycles. The normalized spacial score (nSPS) is 12.4. The van der Waals surface area contributed by atoms with Crippen molar-refractivity contribution < 1.29 is 0 Å². The van der Waals surface area contributed by atoms with E-state index in [1.807, 2.05) is 29.6 Å². The molecule has 1 atom stereocenters. The van der Waals surface area contributed by atoms with Crippen molar-refractivity contribution in [2.75, 3.05) is 11.9 Å². The predicted octanol–water partition coefficient (Wildman–Crippen LogP) is 4.28. The summed E-state index contributed by atoms with van der Waals surface area (Å²) in [5.41, 5.74) is 6.71. The van der Waals surface area contributed by atoms with E-state index in [0.29, 0.717) is 11.6 Å². The minimum Gasteiger partial charge on any atom is -0.375 e. The minimum absolute atomic E-state index is 0.0891. The average molecular weight is 332 g/mol. The summed E-state index contributed by atoms with van der Waals surface area (Å²) in [5.74, 6) is 0. The first-order chi connectivity index (χ1) is 8.20. The van der Waals surface area contributed by atoms with Gasteiger partial charge in [0.25, 0.3) is 0 Å². The van der Waals surface area contributed by atoms with E-state index in [2.05, 4.69) is 27.3 Å². The van der Waals surface area contributed by atoms with Gasteiger partial charge in [-0.25, -0.2) is 0 Å². The van der Waals surface area contributed by atoms with Gasteiger partial charge in [-0.3, -0.25) is 0 Å². The standard InChI is InChI=1S/C12H12BrClN2S/c13-8-5-12(17-7-8)11(6-15)16-10-4-2-1-3-9(10)14/h1-5,7,11,16H,6,15H2. The molecule has 0 saturated carbocycles. The van der Waals surface area contributed by atoms with Crippen molar-refractivity contribution in [2.45, 2.75) is 6.04 Å². The van der Waals surface area contributed by atoms with E-state index in [0.717, 1.165) is 10.2 Å². The van der Waals surface area contributed by atoms with Crippen molar-refractivity contribution in [3.8, 4) is 0 Å². The van der Waals surface area contributed by atoms with E-state index in [1.54, 1.807) is 11.3 Å². The molecular formula is C12H12BrClN2S. The highest BCUT2D eigenvalue weighted by Crippen LogP contribution is 2.30. The van der Waals surface area contributed by atoms with E-state index in [1.165, 1.54) is 4.88 Å². The number of thiophene rings is 1. The number of hydrogen-bond donors (Lipinski definition) is 2. The Bertz CT molecular complexity index is 501. The van der Waals surface area contributed by atoms with Gasteiger partial charge in [0.2, 0.25) is 0 Å². The Morgan fingerprint density at radius 3 is 2.76 bits per heavy atom. The molecule has 1 unspecified atom stereocenters. The SMILES string of the molecule is NCC(Nc1ccccc1Cl)c1cc(Br)cs1. The maximum absolute atomic E-state index is 6.11. The summed E-state index contributed by atoms with van der Waals surface area (Å²) >= 11 is 11.2. The Kier molecular flexibility index (Phi) is 4.45. The molecule has 0 amide bonds. The van der Waals surface area contributed by atoms with Crippen LogP contribution in [-0.2, 0) is 0 Å².